The molecule has 1 saturated carbocycles. The van der Waals surface area contributed by atoms with E-state index in [4.69, 9.17) is 0 Å². The highest BCUT2D eigenvalue weighted by Crippen LogP contribution is 2.51. The van der Waals surface area contributed by atoms with Gasteiger partial charge in [-0.3, -0.25) is 9.69 Å². The van der Waals surface area contributed by atoms with Crippen molar-refractivity contribution in [3.63, 3.8) is 0 Å². The van der Waals surface area contributed by atoms with Crippen LogP contribution >= 0.6 is 11.8 Å². The summed E-state index contributed by atoms with van der Waals surface area (Å²) < 4.78 is 0.204. The lowest BCUT2D eigenvalue weighted by molar-refractivity contribution is -0.132. The Morgan fingerprint density at radius 2 is 1.79 bits per heavy atom. The molecule has 0 atom stereocenters. The van der Waals surface area contributed by atoms with Crippen LogP contribution in [0.15, 0.2) is 35.2 Å². The molecule has 1 aliphatic carbocycles. The summed E-state index contributed by atoms with van der Waals surface area (Å²) in [7, 11) is 2.14. The summed E-state index contributed by atoms with van der Waals surface area (Å²) in [6.45, 7) is 8.86. The highest BCUT2D eigenvalue weighted by Gasteiger charge is 2.45. The van der Waals surface area contributed by atoms with E-state index in [1.807, 2.05) is 17.8 Å². The lowest BCUT2D eigenvalue weighted by Crippen LogP contribution is -2.60. The first-order valence-electron chi connectivity index (χ1n) is 8.87. The molecule has 24 heavy (non-hydrogen) atoms. The predicted octanol–water partition coefficient (Wildman–Crippen LogP) is 2.45. The second-order valence-corrected chi connectivity index (χ2v) is 9.17. The van der Waals surface area contributed by atoms with Crippen LogP contribution in [-0.2, 0) is 4.79 Å². The Kier molecular flexibility index (Phi) is 5.23. The van der Waals surface area contributed by atoms with Gasteiger partial charge in [0.05, 0.1) is 5.54 Å². The van der Waals surface area contributed by atoms with Crippen molar-refractivity contribution in [3.05, 3.63) is 30.3 Å². The molecule has 1 aromatic carbocycles. The van der Waals surface area contributed by atoms with Gasteiger partial charge in [-0.15, -0.1) is 11.8 Å². The number of hydrogen-bond acceptors (Lipinski definition) is 4. The van der Waals surface area contributed by atoms with Crippen LogP contribution in [-0.4, -0.2) is 65.8 Å². The zero-order valence-corrected chi connectivity index (χ0v) is 15.9. The molecule has 1 saturated heterocycles. The standard InChI is InChI=1S/C19H29N3OS/c1-18(2,22-13-11-21(3)12-14-22)17(23)20-15-19(9-10-19)24-16-7-5-4-6-8-16/h4-8H,9-15H2,1-3H3,(H,20,23). The van der Waals surface area contributed by atoms with E-state index in [1.54, 1.807) is 0 Å². The van der Waals surface area contributed by atoms with Gasteiger partial charge >= 0.3 is 0 Å². The van der Waals surface area contributed by atoms with Crippen LogP contribution in [0.5, 0.6) is 0 Å². The molecule has 1 amide bonds. The van der Waals surface area contributed by atoms with Crippen LogP contribution in [0.25, 0.3) is 0 Å². The third-order valence-corrected chi connectivity index (χ3v) is 6.80. The zero-order chi connectivity index (χ0) is 17.2. The van der Waals surface area contributed by atoms with Crippen molar-refractivity contribution in [2.75, 3.05) is 39.8 Å². The number of rotatable bonds is 6. The van der Waals surface area contributed by atoms with E-state index in [-0.39, 0.29) is 10.7 Å². The van der Waals surface area contributed by atoms with E-state index < -0.39 is 5.54 Å². The SMILES string of the molecule is CN1CCN(C(C)(C)C(=O)NCC2(Sc3ccccc3)CC2)CC1. The van der Waals surface area contributed by atoms with Gasteiger partial charge in [-0.1, -0.05) is 18.2 Å². The van der Waals surface area contributed by atoms with Crippen molar-refractivity contribution in [1.29, 1.82) is 0 Å². The number of likely N-dealkylation sites (N-methyl/N-ethyl adjacent to an activating group) is 1. The van der Waals surface area contributed by atoms with Crippen molar-refractivity contribution in [1.82, 2.24) is 15.1 Å². The van der Waals surface area contributed by atoms with E-state index >= 15 is 0 Å². The minimum atomic E-state index is -0.436. The number of amides is 1. The molecule has 0 unspecified atom stereocenters. The first kappa shape index (κ1) is 17.8. The van der Waals surface area contributed by atoms with Crippen molar-refractivity contribution < 1.29 is 4.79 Å². The maximum Gasteiger partial charge on any atom is 0.240 e. The van der Waals surface area contributed by atoms with Gasteiger partial charge in [0.1, 0.15) is 0 Å². The summed E-state index contributed by atoms with van der Waals surface area (Å²) in [5.41, 5.74) is -0.436. The van der Waals surface area contributed by atoms with Crippen LogP contribution < -0.4 is 5.32 Å². The number of carbonyl (C=O) groups is 1. The Bertz CT molecular complexity index is 563. The molecule has 1 heterocycles. The highest BCUT2D eigenvalue weighted by molar-refractivity contribution is 8.01. The Morgan fingerprint density at radius 1 is 1.17 bits per heavy atom. The molecule has 0 spiro atoms. The Labute approximate surface area is 150 Å². The average Bonchev–Trinajstić information content (AvgIpc) is 3.34. The fourth-order valence-corrected chi connectivity index (χ4v) is 4.40. The van der Waals surface area contributed by atoms with Crippen molar-refractivity contribution in [3.8, 4) is 0 Å². The number of nitrogens with zero attached hydrogens (tertiary/aromatic N) is 2. The maximum atomic E-state index is 12.8. The second kappa shape index (κ2) is 7.06. The monoisotopic (exact) mass is 347 g/mol. The number of thioether (sulfide) groups is 1. The molecule has 4 nitrogen and oxygen atoms in total. The molecule has 5 heteroatoms. The molecule has 2 fully saturated rings. The lowest BCUT2D eigenvalue weighted by Gasteiger charge is -2.42. The van der Waals surface area contributed by atoms with Crippen molar-refractivity contribution in [2.45, 2.75) is 41.9 Å². The Balaban J connectivity index is 1.53. The molecule has 1 aromatic rings. The first-order chi connectivity index (χ1) is 11.4. The summed E-state index contributed by atoms with van der Waals surface area (Å²) >= 11 is 1.91. The van der Waals surface area contributed by atoms with Gasteiger partial charge in [-0.25, -0.2) is 0 Å². The topological polar surface area (TPSA) is 35.6 Å². The summed E-state index contributed by atoms with van der Waals surface area (Å²) in [4.78, 5) is 18.7. The van der Waals surface area contributed by atoms with Gasteiger partial charge in [-0.2, -0.15) is 0 Å². The number of benzene rings is 1. The molecule has 1 aliphatic heterocycles. The predicted molar refractivity (Wildman–Crippen MR) is 100 cm³/mol. The molecule has 1 N–H and O–H groups in total. The molecular weight excluding hydrogens is 318 g/mol. The minimum Gasteiger partial charge on any atom is -0.353 e. The quantitative estimate of drug-likeness (QED) is 0.857. The van der Waals surface area contributed by atoms with E-state index in [2.05, 4.69) is 60.3 Å². The third kappa shape index (κ3) is 4.13. The van der Waals surface area contributed by atoms with E-state index in [1.165, 1.54) is 17.7 Å². The van der Waals surface area contributed by atoms with Crippen LogP contribution in [0.1, 0.15) is 26.7 Å². The van der Waals surface area contributed by atoms with E-state index in [0.29, 0.717) is 0 Å². The highest BCUT2D eigenvalue weighted by atomic mass is 32.2. The van der Waals surface area contributed by atoms with Gasteiger partial charge in [0, 0.05) is 42.4 Å². The molecule has 0 aromatic heterocycles. The third-order valence-electron chi connectivity index (χ3n) is 5.31. The summed E-state index contributed by atoms with van der Waals surface area (Å²) in [5, 5.41) is 3.24. The van der Waals surface area contributed by atoms with Crippen LogP contribution in [0.3, 0.4) is 0 Å². The largest absolute Gasteiger partial charge is 0.353 e. The molecule has 0 radical (unpaired) electrons. The normalized spacial score (nSPS) is 21.5. The minimum absolute atomic E-state index is 0.159. The van der Waals surface area contributed by atoms with Gasteiger partial charge in [-0.05, 0) is 45.9 Å². The van der Waals surface area contributed by atoms with E-state index in [0.717, 1.165) is 32.7 Å². The fourth-order valence-electron chi connectivity index (χ4n) is 3.16. The lowest BCUT2D eigenvalue weighted by atomic mass is 10.00. The maximum absolute atomic E-state index is 12.8. The van der Waals surface area contributed by atoms with Gasteiger partial charge < -0.3 is 10.2 Å². The van der Waals surface area contributed by atoms with Crippen molar-refractivity contribution >= 4 is 17.7 Å². The zero-order valence-electron chi connectivity index (χ0n) is 15.0. The number of hydrogen-bond donors (Lipinski definition) is 1. The average molecular weight is 348 g/mol. The van der Waals surface area contributed by atoms with Crippen LogP contribution in [0.2, 0.25) is 0 Å². The summed E-state index contributed by atoms with van der Waals surface area (Å²) in [6.07, 6.45) is 2.36. The van der Waals surface area contributed by atoms with Crippen LogP contribution in [0, 0.1) is 0 Å². The second-order valence-electron chi connectivity index (χ2n) is 7.63. The molecular formula is C19H29N3OS. The van der Waals surface area contributed by atoms with Gasteiger partial charge in [0.2, 0.25) is 5.91 Å². The van der Waals surface area contributed by atoms with Crippen LogP contribution in [0.4, 0.5) is 0 Å². The fraction of sp³-hybridized carbons (Fsp3) is 0.632. The van der Waals surface area contributed by atoms with Gasteiger partial charge in [0.15, 0.2) is 0 Å². The molecule has 2 aliphatic rings. The molecule has 0 bridgehead atoms. The Hall–Kier alpha value is -1.04. The van der Waals surface area contributed by atoms with E-state index in [9.17, 15) is 4.79 Å². The smallest absolute Gasteiger partial charge is 0.240 e. The van der Waals surface area contributed by atoms with Crippen molar-refractivity contribution in [2.24, 2.45) is 0 Å². The molecule has 132 valence electrons. The number of piperazine rings is 1. The Morgan fingerprint density at radius 3 is 2.38 bits per heavy atom. The number of carbonyl (C=O) groups excluding carboxylic acids is 1. The van der Waals surface area contributed by atoms with Gasteiger partial charge in [0.25, 0.3) is 0 Å². The molecule has 3 rings (SSSR count). The first-order valence-corrected chi connectivity index (χ1v) is 9.69. The number of nitrogens with one attached hydrogen (secondary N) is 1. The summed E-state index contributed by atoms with van der Waals surface area (Å²) in [6, 6.07) is 10.5. The summed E-state index contributed by atoms with van der Waals surface area (Å²) in [5.74, 6) is 0.159.